The Morgan fingerprint density at radius 1 is 1.53 bits per heavy atom. The van der Waals surface area contributed by atoms with Gasteiger partial charge in [0.2, 0.25) is 0 Å². The van der Waals surface area contributed by atoms with Crippen LogP contribution in [0.4, 0.5) is 10.5 Å². The third-order valence-electron chi connectivity index (χ3n) is 3.06. The number of nitrogens with zero attached hydrogens (tertiary/aromatic N) is 1. The number of nitriles is 1. The van der Waals surface area contributed by atoms with Gasteiger partial charge in [0.05, 0.1) is 18.2 Å². The molecule has 1 atom stereocenters. The third kappa shape index (κ3) is 4.27. The maximum Gasteiger partial charge on any atom is 0.319 e. The van der Waals surface area contributed by atoms with E-state index >= 15 is 0 Å². The van der Waals surface area contributed by atoms with Gasteiger partial charge in [-0.05, 0) is 37.0 Å². The zero-order valence-corrected chi connectivity index (χ0v) is 10.7. The molecule has 0 saturated carbocycles. The Hall–Kier alpha value is -2.06. The zero-order valence-electron chi connectivity index (χ0n) is 10.7. The second-order valence-electron chi connectivity index (χ2n) is 4.61. The van der Waals surface area contributed by atoms with Gasteiger partial charge in [0, 0.05) is 18.8 Å². The van der Waals surface area contributed by atoms with E-state index in [4.69, 9.17) is 10.00 Å². The highest BCUT2D eigenvalue weighted by Crippen LogP contribution is 2.12. The van der Waals surface area contributed by atoms with Crippen molar-refractivity contribution in [3.05, 3.63) is 29.8 Å². The van der Waals surface area contributed by atoms with E-state index in [0.717, 1.165) is 19.4 Å². The Kier molecular flexibility index (Phi) is 4.76. The number of rotatable bonds is 3. The number of hydrogen-bond acceptors (Lipinski definition) is 3. The van der Waals surface area contributed by atoms with Crippen molar-refractivity contribution < 1.29 is 9.53 Å². The lowest BCUT2D eigenvalue weighted by molar-refractivity contribution is 0.0559. The maximum absolute atomic E-state index is 11.7. The first-order valence-electron chi connectivity index (χ1n) is 6.40. The van der Waals surface area contributed by atoms with Crippen molar-refractivity contribution in [2.45, 2.75) is 12.8 Å². The highest BCUT2D eigenvalue weighted by molar-refractivity contribution is 5.89. The van der Waals surface area contributed by atoms with Crippen molar-refractivity contribution in [1.29, 1.82) is 5.26 Å². The number of benzene rings is 1. The Morgan fingerprint density at radius 3 is 3.16 bits per heavy atom. The molecule has 5 nitrogen and oxygen atoms in total. The van der Waals surface area contributed by atoms with E-state index in [1.807, 2.05) is 6.07 Å². The molecule has 1 aliphatic heterocycles. The largest absolute Gasteiger partial charge is 0.381 e. The second kappa shape index (κ2) is 6.76. The molecule has 0 aromatic heterocycles. The minimum absolute atomic E-state index is 0.249. The van der Waals surface area contributed by atoms with Gasteiger partial charge in [-0.1, -0.05) is 6.07 Å². The molecule has 1 aromatic carbocycles. The fourth-order valence-corrected chi connectivity index (χ4v) is 2.05. The predicted molar refractivity (Wildman–Crippen MR) is 71.7 cm³/mol. The van der Waals surface area contributed by atoms with Crippen LogP contribution in [0.3, 0.4) is 0 Å². The molecular formula is C14H17N3O2. The van der Waals surface area contributed by atoms with E-state index in [1.165, 1.54) is 0 Å². The van der Waals surface area contributed by atoms with Crippen LogP contribution >= 0.6 is 0 Å². The normalized spacial score (nSPS) is 18.4. The summed E-state index contributed by atoms with van der Waals surface area (Å²) >= 11 is 0. The molecular weight excluding hydrogens is 242 g/mol. The minimum Gasteiger partial charge on any atom is -0.381 e. The molecule has 2 amide bonds. The van der Waals surface area contributed by atoms with Gasteiger partial charge in [-0.2, -0.15) is 5.26 Å². The Labute approximate surface area is 112 Å². The van der Waals surface area contributed by atoms with E-state index in [1.54, 1.807) is 24.3 Å². The first-order valence-corrected chi connectivity index (χ1v) is 6.40. The van der Waals surface area contributed by atoms with Crippen LogP contribution in [0.1, 0.15) is 18.4 Å². The molecule has 2 N–H and O–H groups in total. The average molecular weight is 259 g/mol. The van der Waals surface area contributed by atoms with Crippen LogP contribution in [0.5, 0.6) is 0 Å². The van der Waals surface area contributed by atoms with E-state index < -0.39 is 0 Å². The summed E-state index contributed by atoms with van der Waals surface area (Å²) in [4.78, 5) is 11.7. The van der Waals surface area contributed by atoms with Crippen LogP contribution < -0.4 is 10.6 Å². The van der Waals surface area contributed by atoms with Crippen molar-refractivity contribution in [3.63, 3.8) is 0 Å². The fourth-order valence-electron chi connectivity index (χ4n) is 2.05. The Balaban J connectivity index is 1.78. The molecule has 1 aliphatic rings. The molecule has 5 heteroatoms. The van der Waals surface area contributed by atoms with Crippen molar-refractivity contribution in [2.75, 3.05) is 25.1 Å². The summed E-state index contributed by atoms with van der Waals surface area (Å²) in [5.41, 5.74) is 1.15. The summed E-state index contributed by atoms with van der Waals surface area (Å²) < 4.78 is 5.36. The Bertz CT molecular complexity index is 476. The molecule has 0 unspecified atom stereocenters. The lowest BCUT2D eigenvalue weighted by Gasteiger charge is -2.22. The van der Waals surface area contributed by atoms with Crippen LogP contribution in [-0.4, -0.2) is 25.8 Å². The molecule has 1 aromatic rings. The number of anilines is 1. The van der Waals surface area contributed by atoms with Gasteiger partial charge in [-0.25, -0.2) is 4.79 Å². The summed E-state index contributed by atoms with van der Waals surface area (Å²) in [6, 6.07) is 8.62. The molecule has 0 radical (unpaired) electrons. The van der Waals surface area contributed by atoms with Crippen LogP contribution in [-0.2, 0) is 4.74 Å². The molecule has 2 rings (SSSR count). The zero-order chi connectivity index (χ0) is 13.5. The van der Waals surface area contributed by atoms with Gasteiger partial charge in [-0.15, -0.1) is 0 Å². The standard InChI is InChI=1S/C14H17N3O2/c15-8-11-3-1-5-13(7-11)17-14(18)16-9-12-4-2-6-19-10-12/h1,3,5,7,12H,2,4,6,9-10H2,(H2,16,17,18)/t12-/m1/s1. The number of hydrogen-bond donors (Lipinski definition) is 2. The summed E-state index contributed by atoms with van der Waals surface area (Å²) in [5, 5.41) is 14.3. The molecule has 1 heterocycles. The molecule has 0 aliphatic carbocycles. The van der Waals surface area contributed by atoms with E-state index in [2.05, 4.69) is 10.6 Å². The van der Waals surface area contributed by atoms with Crippen molar-refractivity contribution in [1.82, 2.24) is 5.32 Å². The average Bonchev–Trinajstić information content (AvgIpc) is 2.46. The lowest BCUT2D eigenvalue weighted by Crippen LogP contribution is -2.35. The molecule has 1 saturated heterocycles. The number of ether oxygens (including phenoxy) is 1. The molecule has 0 bridgehead atoms. The first-order chi connectivity index (χ1) is 9.28. The van der Waals surface area contributed by atoms with Gasteiger partial charge < -0.3 is 15.4 Å². The minimum atomic E-state index is -0.249. The number of carbonyl (C=O) groups is 1. The summed E-state index contributed by atoms with van der Waals surface area (Å²) in [6.07, 6.45) is 2.14. The van der Waals surface area contributed by atoms with E-state index in [-0.39, 0.29) is 6.03 Å². The molecule has 0 spiro atoms. The van der Waals surface area contributed by atoms with Crippen LogP contribution in [0.25, 0.3) is 0 Å². The van der Waals surface area contributed by atoms with Gasteiger partial charge in [-0.3, -0.25) is 0 Å². The molecule has 1 fully saturated rings. The van der Waals surface area contributed by atoms with Gasteiger partial charge in [0.1, 0.15) is 0 Å². The summed E-state index contributed by atoms with van der Waals surface area (Å²) in [7, 11) is 0. The van der Waals surface area contributed by atoms with Gasteiger partial charge in [0.25, 0.3) is 0 Å². The fraction of sp³-hybridized carbons (Fsp3) is 0.429. The Morgan fingerprint density at radius 2 is 2.42 bits per heavy atom. The third-order valence-corrected chi connectivity index (χ3v) is 3.06. The summed E-state index contributed by atoms with van der Waals surface area (Å²) in [5.74, 6) is 0.393. The topological polar surface area (TPSA) is 74.2 Å². The highest BCUT2D eigenvalue weighted by atomic mass is 16.5. The van der Waals surface area contributed by atoms with E-state index in [0.29, 0.717) is 30.3 Å². The van der Waals surface area contributed by atoms with Gasteiger partial charge >= 0.3 is 6.03 Å². The van der Waals surface area contributed by atoms with Crippen molar-refractivity contribution >= 4 is 11.7 Å². The number of urea groups is 1. The number of amides is 2. The molecule has 100 valence electrons. The lowest BCUT2D eigenvalue weighted by atomic mass is 10.0. The monoisotopic (exact) mass is 259 g/mol. The van der Waals surface area contributed by atoms with Crippen molar-refractivity contribution in [2.24, 2.45) is 5.92 Å². The quantitative estimate of drug-likeness (QED) is 0.873. The second-order valence-corrected chi connectivity index (χ2v) is 4.61. The van der Waals surface area contributed by atoms with Crippen LogP contribution in [0, 0.1) is 17.2 Å². The van der Waals surface area contributed by atoms with Crippen LogP contribution in [0.2, 0.25) is 0 Å². The number of nitrogens with one attached hydrogen (secondary N) is 2. The highest BCUT2D eigenvalue weighted by Gasteiger charge is 2.14. The van der Waals surface area contributed by atoms with E-state index in [9.17, 15) is 4.79 Å². The van der Waals surface area contributed by atoms with Crippen LogP contribution in [0.15, 0.2) is 24.3 Å². The molecule has 19 heavy (non-hydrogen) atoms. The van der Waals surface area contributed by atoms with Gasteiger partial charge in [0.15, 0.2) is 0 Å². The predicted octanol–water partition coefficient (Wildman–Crippen LogP) is 2.11. The smallest absolute Gasteiger partial charge is 0.319 e. The SMILES string of the molecule is N#Cc1cccc(NC(=O)NC[C@H]2CCCOC2)c1. The van der Waals surface area contributed by atoms with Crippen molar-refractivity contribution in [3.8, 4) is 6.07 Å². The number of carbonyl (C=O) groups excluding carboxylic acids is 1. The summed E-state index contributed by atoms with van der Waals surface area (Å²) in [6.45, 7) is 2.15. The first kappa shape index (κ1) is 13.4. The maximum atomic E-state index is 11.7.